The summed E-state index contributed by atoms with van der Waals surface area (Å²) in [7, 11) is 0. The van der Waals surface area contributed by atoms with Gasteiger partial charge >= 0.3 is 0 Å². The van der Waals surface area contributed by atoms with Crippen molar-refractivity contribution in [3.63, 3.8) is 0 Å². The van der Waals surface area contributed by atoms with Gasteiger partial charge in [0.25, 0.3) is 0 Å². The summed E-state index contributed by atoms with van der Waals surface area (Å²) in [5, 5.41) is 3.44. The van der Waals surface area contributed by atoms with Crippen molar-refractivity contribution in [1.82, 2.24) is 5.32 Å². The van der Waals surface area contributed by atoms with Crippen LogP contribution < -0.4 is 11.1 Å². The Morgan fingerprint density at radius 1 is 1.42 bits per heavy atom. The van der Waals surface area contributed by atoms with Gasteiger partial charge in [0.1, 0.15) is 0 Å². The van der Waals surface area contributed by atoms with Crippen molar-refractivity contribution in [2.45, 2.75) is 25.8 Å². The number of nitrogens with two attached hydrogens (primary N) is 1. The third-order valence-corrected chi connectivity index (χ3v) is 2.32. The Morgan fingerprint density at radius 3 is 2.75 bits per heavy atom. The van der Waals surface area contributed by atoms with Gasteiger partial charge in [-0.15, -0.1) is 0 Å². The third-order valence-electron chi connectivity index (χ3n) is 2.32. The molecule has 1 aliphatic carbocycles. The molecule has 72 valence electrons. The van der Waals surface area contributed by atoms with Gasteiger partial charge in [0.2, 0.25) is 0 Å². The number of ether oxygens (including phenoxy) is 1. The smallest absolute Gasteiger partial charge is 0.0591 e. The van der Waals surface area contributed by atoms with Gasteiger partial charge in [0, 0.05) is 19.1 Å². The molecule has 0 saturated heterocycles. The summed E-state index contributed by atoms with van der Waals surface area (Å²) in [5.74, 6) is 0.924. The van der Waals surface area contributed by atoms with Gasteiger partial charge in [-0.3, -0.25) is 0 Å². The predicted octanol–water partition coefficient (Wildman–Crippen LogP) is 0.350. The van der Waals surface area contributed by atoms with Gasteiger partial charge in [-0.25, -0.2) is 0 Å². The maximum atomic E-state index is 5.28. The molecule has 0 aromatic rings. The first-order valence-corrected chi connectivity index (χ1v) is 4.84. The molecule has 0 atom stereocenters. The number of nitrogens with one attached hydrogen (secondary N) is 1. The molecule has 0 unspecified atom stereocenters. The highest BCUT2D eigenvalue weighted by molar-refractivity contribution is 4.81. The fraction of sp³-hybridized carbons (Fsp3) is 1.00. The second-order valence-corrected chi connectivity index (χ2v) is 3.63. The van der Waals surface area contributed by atoms with Gasteiger partial charge < -0.3 is 15.8 Å². The van der Waals surface area contributed by atoms with Crippen molar-refractivity contribution < 1.29 is 4.74 Å². The Balaban J connectivity index is 1.77. The molecule has 1 aliphatic rings. The lowest BCUT2D eigenvalue weighted by Gasteiger charge is -2.33. The van der Waals surface area contributed by atoms with E-state index in [-0.39, 0.29) is 0 Å². The van der Waals surface area contributed by atoms with E-state index >= 15 is 0 Å². The standard InChI is InChI=1S/C9H20N2O/c1-8-6-9(7-8)11-3-5-12-4-2-10/h8-9,11H,2-7,10H2,1H3. The first-order valence-electron chi connectivity index (χ1n) is 4.84. The van der Waals surface area contributed by atoms with E-state index < -0.39 is 0 Å². The molecule has 0 bridgehead atoms. The SMILES string of the molecule is CC1CC(NCCOCCN)C1. The third kappa shape index (κ3) is 3.52. The largest absolute Gasteiger partial charge is 0.379 e. The molecule has 0 amide bonds. The molecule has 3 nitrogen and oxygen atoms in total. The fourth-order valence-corrected chi connectivity index (χ4v) is 1.59. The molecule has 1 saturated carbocycles. The van der Waals surface area contributed by atoms with E-state index in [4.69, 9.17) is 10.5 Å². The average molecular weight is 172 g/mol. The normalized spacial score (nSPS) is 28.5. The maximum Gasteiger partial charge on any atom is 0.0591 e. The van der Waals surface area contributed by atoms with E-state index in [1.54, 1.807) is 0 Å². The molecule has 0 aliphatic heterocycles. The van der Waals surface area contributed by atoms with E-state index in [0.29, 0.717) is 13.2 Å². The Morgan fingerprint density at radius 2 is 2.17 bits per heavy atom. The van der Waals surface area contributed by atoms with E-state index in [0.717, 1.165) is 25.1 Å². The zero-order chi connectivity index (χ0) is 8.81. The van der Waals surface area contributed by atoms with Crippen molar-refractivity contribution in [3.05, 3.63) is 0 Å². The van der Waals surface area contributed by atoms with Crippen LogP contribution in [0.15, 0.2) is 0 Å². The molecule has 12 heavy (non-hydrogen) atoms. The molecular weight excluding hydrogens is 152 g/mol. The van der Waals surface area contributed by atoms with Crippen molar-refractivity contribution in [1.29, 1.82) is 0 Å². The minimum Gasteiger partial charge on any atom is -0.379 e. The lowest BCUT2D eigenvalue weighted by atomic mass is 9.82. The van der Waals surface area contributed by atoms with Crippen LogP contribution in [0.3, 0.4) is 0 Å². The van der Waals surface area contributed by atoms with Crippen LogP contribution in [0.25, 0.3) is 0 Å². The second kappa shape index (κ2) is 5.51. The van der Waals surface area contributed by atoms with Crippen molar-refractivity contribution >= 4 is 0 Å². The van der Waals surface area contributed by atoms with E-state index in [1.807, 2.05) is 0 Å². The lowest BCUT2D eigenvalue weighted by molar-refractivity contribution is 0.132. The molecule has 3 heteroatoms. The van der Waals surface area contributed by atoms with Crippen LogP contribution in [0, 0.1) is 5.92 Å². The highest BCUT2D eigenvalue weighted by atomic mass is 16.5. The van der Waals surface area contributed by atoms with Crippen LogP contribution in [0.4, 0.5) is 0 Å². The topological polar surface area (TPSA) is 47.3 Å². The molecule has 1 fully saturated rings. The number of hydrogen-bond acceptors (Lipinski definition) is 3. The first-order chi connectivity index (χ1) is 5.83. The Kier molecular flexibility index (Phi) is 4.58. The number of rotatable bonds is 6. The van der Waals surface area contributed by atoms with Crippen molar-refractivity contribution in [2.75, 3.05) is 26.3 Å². The molecule has 3 N–H and O–H groups in total. The Bertz CT molecular complexity index is 113. The summed E-state index contributed by atoms with van der Waals surface area (Å²) in [6.45, 7) is 5.37. The van der Waals surface area contributed by atoms with Gasteiger partial charge in [0.05, 0.1) is 13.2 Å². The Hall–Kier alpha value is -0.120. The van der Waals surface area contributed by atoms with Crippen LogP contribution in [0.1, 0.15) is 19.8 Å². The summed E-state index contributed by atoms with van der Waals surface area (Å²) < 4.78 is 5.24. The summed E-state index contributed by atoms with van der Waals surface area (Å²) >= 11 is 0. The van der Waals surface area contributed by atoms with Gasteiger partial charge in [-0.05, 0) is 18.8 Å². The molecule has 0 heterocycles. The van der Waals surface area contributed by atoms with Gasteiger partial charge in [-0.2, -0.15) is 0 Å². The van der Waals surface area contributed by atoms with Crippen molar-refractivity contribution in [3.8, 4) is 0 Å². The van der Waals surface area contributed by atoms with Crippen LogP contribution >= 0.6 is 0 Å². The van der Waals surface area contributed by atoms with E-state index in [1.165, 1.54) is 12.8 Å². The molecular formula is C9H20N2O. The van der Waals surface area contributed by atoms with Crippen molar-refractivity contribution in [2.24, 2.45) is 11.7 Å². The lowest BCUT2D eigenvalue weighted by Crippen LogP contribution is -2.41. The summed E-state index contributed by atoms with van der Waals surface area (Å²) in [6, 6.07) is 0.751. The monoisotopic (exact) mass is 172 g/mol. The summed E-state index contributed by atoms with van der Waals surface area (Å²) in [6.07, 6.45) is 2.66. The summed E-state index contributed by atoms with van der Waals surface area (Å²) in [4.78, 5) is 0. The zero-order valence-electron chi connectivity index (χ0n) is 7.88. The zero-order valence-corrected chi connectivity index (χ0v) is 7.88. The number of hydrogen-bond donors (Lipinski definition) is 2. The van der Waals surface area contributed by atoms with Crippen LogP contribution in [0.5, 0.6) is 0 Å². The average Bonchev–Trinajstić information content (AvgIpc) is 2.00. The highest BCUT2D eigenvalue weighted by Gasteiger charge is 2.23. The van der Waals surface area contributed by atoms with Crippen LogP contribution in [-0.4, -0.2) is 32.3 Å². The minimum absolute atomic E-state index is 0.625. The predicted molar refractivity (Wildman–Crippen MR) is 50.1 cm³/mol. The molecule has 1 rings (SSSR count). The van der Waals surface area contributed by atoms with Crippen LogP contribution in [0.2, 0.25) is 0 Å². The summed E-state index contributed by atoms with van der Waals surface area (Å²) in [5.41, 5.74) is 5.28. The Labute approximate surface area is 74.7 Å². The minimum atomic E-state index is 0.625. The molecule has 0 spiro atoms. The molecule has 0 aromatic carbocycles. The molecule has 0 aromatic heterocycles. The highest BCUT2D eigenvalue weighted by Crippen LogP contribution is 2.25. The van der Waals surface area contributed by atoms with Crippen LogP contribution in [-0.2, 0) is 4.74 Å². The maximum absolute atomic E-state index is 5.28. The quantitative estimate of drug-likeness (QED) is 0.568. The van der Waals surface area contributed by atoms with Gasteiger partial charge in [-0.1, -0.05) is 6.92 Å². The second-order valence-electron chi connectivity index (χ2n) is 3.63. The van der Waals surface area contributed by atoms with E-state index in [2.05, 4.69) is 12.2 Å². The fourth-order valence-electron chi connectivity index (χ4n) is 1.59. The van der Waals surface area contributed by atoms with Gasteiger partial charge in [0.15, 0.2) is 0 Å². The van der Waals surface area contributed by atoms with E-state index in [9.17, 15) is 0 Å². The first kappa shape index (κ1) is 9.96. The molecule has 0 radical (unpaired) electrons.